The smallest absolute Gasteiger partial charge is 0.0764 e. The predicted molar refractivity (Wildman–Crippen MR) is 75.6 cm³/mol. The summed E-state index contributed by atoms with van der Waals surface area (Å²) in [7, 11) is 0. The molecule has 0 nitrogen and oxygen atoms in total. The summed E-state index contributed by atoms with van der Waals surface area (Å²) >= 11 is 14.4. The molecule has 0 atom stereocenters. The van der Waals surface area contributed by atoms with Crippen LogP contribution in [0.15, 0.2) is 0 Å². The van der Waals surface area contributed by atoms with Gasteiger partial charge in [0.25, 0.3) is 0 Å². The van der Waals surface area contributed by atoms with Gasteiger partial charge in [0.05, 0.1) is 6.97 Å². The number of halogens is 4. The van der Waals surface area contributed by atoms with E-state index in [2.05, 4.69) is 70.6 Å². The maximum atomic E-state index is 3.69. The van der Waals surface area contributed by atoms with E-state index in [1.165, 1.54) is 32.1 Å². The molecule has 0 heterocycles. The molecule has 0 aromatic rings. The second-order valence-electron chi connectivity index (χ2n) is 3.26. The first-order chi connectivity index (χ1) is 5.98. The average molecular weight is 444 g/mol. The highest BCUT2D eigenvalue weighted by Crippen LogP contribution is 2.39. The fraction of sp³-hybridized carbons (Fsp3) is 1.00. The normalized spacial score (nSPS) is 12.5. The van der Waals surface area contributed by atoms with Gasteiger partial charge < -0.3 is 0 Å². The van der Waals surface area contributed by atoms with Gasteiger partial charge in [-0.2, -0.15) is 0 Å². The van der Waals surface area contributed by atoms with Crippen LogP contribution < -0.4 is 0 Å². The van der Waals surface area contributed by atoms with Crippen molar-refractivity contribution in [2.24, 2.45) is 0 Å². The molecule has 0 bridgehead atoms. The van der Waals surface area contributed by atoms with Crippen molar-refractivity contribution in [3.8, 4) is 0 Å². The van der Waals surface area contributed by atoms with Gasteiger partial charge in [0.1, 0.15) is 0 Å². The van der Waals surface area contributed by atoms with E-state index in [1.54, 1.807) is 0 Å². The first-order valence-corrected chi connectivity index (χ1v) is 8.05. The molecule has 0 unspecified atom stereocenters. The van der Waals surface area contributed by atoms with Crippen LogP contribution in [0.5, 0.6) is 0 Å². The third-order valence-electron chi connectivity index (χ3n) is 1.85. The Morgan fingerprint density at radius 1 is 1.08 bits per heavy atom. The minimum absolute atomic E-state index is 0.103. The van der Waals surface area contributed by atoms with Crippen molar-refractivity contribution in [3.05, 3.63) is 0 Å². The summed E-state index contributed by atoms with van der Waals surface area (Å²) in [6, 6.07) is 0. The van der Waals surface area contributed by atoms with Crippen molar-refractivity contribution < 1.29 is 0 Å². The molecule has 0 aliphatic carbocycles. The Labute approximate surface area is 115 Å². The third kappa shape index (κ3) is 10.2. The van der Waals surface area contributed by atoms with Crippen LogP contribution in [0, 0.1) is 0 Å². The summed E-state index contributed by atoms with van der Waals surface area (Å²) in [5, 5.41) is 0. The summed E-state index contributed by atoms with van der Waals surface area (Å²) < 4.78 is 0.482. The Morgan fingerprint density at radius 2 is 1.69 bits per heavy atom. The monoisotopic (exact) mass is 440 g/mol. The fourth-order valence-electron chi connectivity index (χ4n) is 1.14. The molecular weight excluding hydrogens is 428 g/mol. The van der Waals surface area contributed by atoms with Gasteiger partial charge in [-0.1, -0.05) is 96.3 Å². The molecule has 0 amide bonds. The van der Waals surface area contributed by atoms with Crippen molar-refractivity contribution in [2.45, 2.75) is 52.4 Å². The Bertz CT molecular complexity index is 123. The largest absolute Gasteiger partial charge is 0.0824 e. The molecule has 0 aliphatic rings. The summed E-state index contributed by atoms with van der Waals surface area (Å²) in [5.74, 6) is 0. The fourth-order valence-corrected chi connectivity index (χ4v) is 5.19. The first-order valence-electron chi connectivity index (χ1n) is 4.64. The molecule has 0 aliphatic heterocycles. The topological polar surface area (TPSA) is 0 Å². The lowest BCUT2D eigenvalue weighted by Crippen LogP contribution is -2.14. The van der Waals surface area contributed by atoms with Gasteiger partial charge in [-0.05, 0) is 12.8 Å². The SMILES string of the molecule is CCCCCCC(Br)(Br)CC(Br)Br. The third-order valence-corrected chi connectivity index (χ3v) is 3.94. The summed E-state index contributed by atoms with van der Waals surface area (Å²) in [5.41, 5.74) is 0. The standard InChI is InChI=1S/C9H16Br4/c1-2-3-4-5-6-9(12,13)7-8(10)11/h8H,2-7H2,1H3. The van der Waals surface area contributed by atoms with Gasteiger partial charge in [-0.3, -0.25) is 0 Å². The molecule has 0 aromatic heterocycles. The zero-order valence-electron chi connectivity index (χ0n) is 7.83. The lowest BCUT2D eigenvalue weighted by atomic mass is 10.1. The molecule has 0 fully saturated rings. The molecular formula is C9H16Br4. The summed E-state index contributed by atoms with van der Waals surface area (Å²) in [6.45, 7) is 2.24. The maximum absolute atomic E-state index is 3.69. The van der Waals surface area contributed by atoms with Crippen molar-refractivity contribution >= 4 is 63.7 Å². The Kier molecular flexibility index (Phi) is 9.32. The van der Waals surface area contributed by atoms with E-state index in [4.69, 9.17) is 0 Å². The molecule has 0 rings (SSSR count). The molecule has 80 valence electrons. The quantitative estimate of drug-likeness (QED) is 0.337. The molecule has 0 aromatic carbocycles. The highest BCUT2D eigenvalue weighted by Gasteiger charge is 2.24. The van der Waals surface area contributed by atoms with Gasteiger partial charge in [0.2, 0.25) is 0 Å². The van der Waals surface area contributed by atoms with Crippen molar-refractivity contribution in [2.75, 3.05) is 0 Å². The zero-order chi connectivity index (χ0) is 10.3. The van der Waals surface area contributed by atoms with Crippen LogP contribution in [-0.2, 0) is 0 Å². The minimum atomic E-state index is 0.103. The van der Waals surface area contributed by atoms with Crippen LogP contribution in [0.1, 0.15) is 45.4 Å². The van der Waals surface area contributed by atoms with Gasteiger partial charge in [-0.15, -0.1) is 0 Å². The highest BCUT2D eigenvalue weighted by molar-refractivity contribution is 9.26. The maximum Gasteiger partial charge on any atom is 0.0824 e. The lowest BCUT2D eigenvalue weighted by molar-refractivity contribution is 0.600. The van der Waals surface area contributed by atoms with Gasteiger partial charge in [0.15, 0.2) is 0 Å². The van der Waals surface area contributed by atoms with Crippen molar-refractivity contribution in [1.82, 2.24) is 0 Å². The number of rotatable bonds is 7. The van der Waals surface area contributed by atoms with Crippen molar-refractivity contribution in [1.29, 1.82) is 0 Å². The summed E-state index contributed by atoms with van der Waals surface area (Å²) in [6.07, 6.45) is 7.50. The van der Waals surface area contributed by atoms with E-state index in [9.17, 15) is 0 Å². The second kappa shape index (κ2) is 8.12. The molecule has 0 spiro atoms. The lowest BCUT2D eigenvalue weighted by Gasteiger charge is -2.20. The Hall–Kier alpha value is 1.92. The molecule has 0 saturated heterocycles. The van der Waals surface area contributed by atoms with E-state index in [-0.39, 0.29) is 3.23 Å². The van der Waals surface area contributed by atoms with Crippen LogP contribution in [0.2, 0.25) is 0 Å². The predicted octanol–water partition coefficient (Wildman–Crippen LogP) is 5.95. The van der Waals surface area contributed by atoms with Crippen LogP contribution in [0.3, 0.4) is 0 Å². The van der Waals surface area contributed by atoms with E-state index in [0.29, 0.717) is 3.74 Å². The van der Waals surface area contributed by atoms with Gasteiger partial charge in [0, 0.05) is 0 Å². The number of hydrogen-bond donors (Lipinski definition) is 0. The first kappa shape index (κ1) is 14.9. The van der Waals surface area contributed by atoms with Crippen LogP contribution in [0.4, 0.5) is 0 Å². The van der Waals surface area contributed by atoms with Crippen LogP contribution in [0.25, 0.3) is 0 Å². The highest BCUT2D eigenvalue weighted by atomic mass is 79.9. The molecule has 4 heteroatoms. The van der Waals surface area contributed by atoms with Gasteiger partial charge >= 0.3 is 0 Å². The van der Waals surface area contributed by atoms with Crippen LogP contribution in [-0.4, -0.2) is 6.97 Å². The van der Waals surface area contributed by atoms with E-state index >= 15 is 0 Å². The molecule has 0 radical (unpaired) electrons. The number of unbranched alkanes of at least 4 members (excludes halogenated alkanes) is 3. The van der Waals surface area contributed by atoms with E-state index in [1.807, 2.05) is 0 Å². The molecule has 13 heavy (non-hydrogen) atoms. The number of hydrogen-bond acceptors (Lipinski definition) is 0. The average Bonchev–Trinajstić information content (AvgIpc) is 1.95. The molecule has 0 saturated carbocycles. The molecule has 0 N–H and O–H groups in total. The Morgan fingerprint density at radius 3 is 2.15 bits per heavy atom. The van der Waals surface area contributed by atoms with Gasteiger partial charge in [-0.25, -0.2) is 0 Å². The summed E-state index contributed by atoms with van der Waals surface area (Å²) in [4.78, 5) is 0. The van der Waals surface area contributed by atoms with E-state index < -0.39 is 0 Å². The number of alkyl halides is 4. The van der Waals surface area contributed by atoms with Crippen LogP contribution >= 0.6 is 63.7 Å². The second-order valence-corrected chi connectivity index (χ2v) is 10.8. The minimum Gasteiger partial charge on any atom is -0.0764 e. The zero-order valence-corrected chi connectivity index (χ0v) is 14.2. The van der Waals surface area contributed by atoms with Crippen molar-refractivity contribution in [3.63, 3.8) is 0 Å². The Balaban J connectivity index is 3.50. The van der Waals surface area contributed by atoms with E-state index in [0.717, 1.165) is 6.42 Å².